The number of tetrazole rings is 1. The Hall–Kier alpha value is -3.88. The van der Waals surface area contributed by atoms with Crippen LogP contribution in [0.25, 0.3) is 16.7 Å². The second kappa shape index (κ2) is 7.75. The lowest BCUT2D eigenvalue weighted by Crippen LogP contribution is -2.49. The standard InChI is InChI=1S/C22H22N6O3/c1-15-20(18-14-17(30-2)8-9-19(18)31-15)21(29)26-10-12-27(13-11-26)22-23-24-25-28(22)16-6-4-3-5-7-16/h3-9,14H,10-13H2,1-2H3. The van der Waals surface area contributed by atoms with E-state index in [1.807, 2.05) is 60.4 Å². The Kier molecular flexibility index (Phi) is 4.78. The number of aryl methyl sites for hydroxylation is 1. The lowest BCUT2D eigenvalue weighted by atomic mass is 10.1. The van der Waals surface area contributed by atoms with Crippen LogP contribution in [0.1, 0.15) is 16.1 Å². The van der Waals surface area contributed by atoms with Crippen molar-refractivity contribution in [3.8, 4) is 11.4 Å². The summed E-state index contributed by atoms with van der Waals surface area (Å²) in [7, 11) is 1.61. The van der Waals surface area contributed by atoms with Crippen LogP contribution in [0, 0.1) is 6.92 Å². The van der Waals surface area contributed by atoms with Crippen LogP contribution in [-0.4, -0.2) is 64.3 Å². The average molecular weight is 418 g/mol. The Morgan fingerprint density at radius 2 is 1.84 bits per heavy atom. The van der Waals surface area contributed by atoms with Crippen LogP contribution < -0.4 is 9.64 Å². The van der Waals surface area contributed by atoms with Crippen LogP contribution in [0.3, 0.4) is 0 Å². The number of anilines is 1. The fourth-order valence-corrected chi connectivity index (χ4v) is 3.98. The Labute approximate surface area is 178 Å². The number of aromatic nitrogens is 4. The maximum atomic E-state index is 13.3. The lowest BCUT2D eigenvalue weighted by molar-refractivity contribution is 0.0746. The molecule has 31 heavy (non-hydrogen) atoms. The molecule has 158 valence electrons. The molecule has 1 aliphatic rings. The minimum absolute atomic E-state index is 0.0354. The third-order valence-corrected chi connectivity index (χ3v) is 5.59. The molecule has 0 unspecified atom stereocenters. The maximum absolute atomic E-state index is 13.3. The predicted molar refractivity (Wildman–Crippen MR) is 115 cm³/mol. The Morgan fingerprint density at radius 1 is 1.06 bits per heavy atom. The predicted octanol–water partition coefficient (Wildman–Crippen LogP) is 2.69. The van der Waals surface area contributed by atoms with E-state index in [9.17, 15) is 4.79 Å². The van der Waals surface area contributed by atoms with Crippen molar-refractivity contribution in [1.29, 1.82) is 0 Å². The third kappa shape index (κ3) is 3.37. The summed E-state index contributed by atoms with van der Waals surface area (Å²) in [6, 6.07) is 15.3. The molecule has 4 aromatic rings. The lowest BCUT2D eigenvalue weighted by Gasteiger charge is -2.34. The molecule has 5 rings (SSSR count). The van der Waals surface area contributed by atoms with Crippen molar-refractivity contribution >= 4 is 22.8 Å². The topological polar surface area (TPSA) is 89.5 Å². The van der Waals surface area contributed by atoms with Crippen molar-refractivity contribution in [2.45, 2.75) is 6.92 Å². The highest BCUT2D eigenvalue weighted by molar-refractivity contribution is 6.07. The van der Waals surface area contributed by atoms with E-state index in [-0.39, 0.29) is 5.91 Å². The normalized spacial score (nSPS) is 14.3. The molecule has 3 heterocycles. The zero-order chi connectivity index (χ0) is 21.4. The zero-order valence-corrected chi connectivity index (χ0v) is 17.4. The fraction of sp³-hybridized carbons (Fsp3) is 0.273. The molecule has 0 radical (unpaired) electrons. The van der Waals surface area contributed by atoms with Crippen LogP contribution in [0.15, 0.2) is 52.9 Å². The number of ether oxygens (including phenoxy) is 1. The van der Waals surface area contributed by atoms with Crippen molar-refractivity contribution in [2.75, 3.05) is 38.2 Å². The molecule has 9 heteroatoms. The summed E-state index contributed by atoms with van der Waals surface area (Å²) in [4.78, 5) is 17.3. The van der Waals surface area contributed by atoms with Crippen LogP contribution >= 0.6 is 0 Å². The van der Waals surface area contributed by atoms with Crippen molar-refractivity contribution in [2.24, 2.45) is 0 Å². The second-order valence-corrected chi connectivity index (χ2v) is 7.40. The number of benzene rings is 2. The number of piperazine rings is 1. The summed E-state index contributed by atoms with van der Waals surface area (Å²) in [5.74, 6) is 1.95. The van der Waals surface area contributed by atoms with Crippen molar-refractivity contribution in [1.82, 2.24) is 25.1 Å². The number of furan rings is 1. The molecular formula is C22H22N6O3. The van der Waals surface area contributed by atoms with Gasteiger partial charge in [0.25, 0.3) is 5.91 Å². The molecule has 0 saturated carbocycles. The van der Waals surface area contributed by atoms with Gasteiger partial charge in [-0.05, 0) is 47.7 Å². The van der Waals surface area contributed by atoms with E-state index < -0.39 is 0 Å². The van der Waals surface area contributed by atoms with Gasteiger partial charge >= 0.3 is 0 Å². The molecule has 0 atom stereocenters. The highest BCUT2D eigenvalue weighted by atomic mass is 16.5. The van der Waals surface area contributed by atoms with Gasteiger partial charge in [-0.15, -0.1) is 0 Å². The highest BCUT2D eigenvalue weighted by Crippen LogP contribution is 2.30. The fourth-order valence-electron chi connectivity index (χ4n) is 3.98. The Morgan fingerprint density at radius 3 is 2.58 bits per heavy atom. The smallest absolute Gasteiger partial charge is 0.258 e. The molecule has 0 bridgehead atoms. The Bertz CT molecular complexity index is 1220. The first-order valence-electron chi connectivity index (χ1n) is 10.1. The van der Waals surface area contributed by atoms with Crippen molar-refractivity contribution in [3.63, 3.8) is 0 Å². The number of nitrogens with zero attached hydrogens (tertiary/aromatic N) is 6. The molecular weight excluding hydrogens is 396 g/mol. The van der Waals surface area contributed by atoms with Crippen molar-refractivity contribution < 1.29 is 13.9 Å². The summed E-state index contributed by atoms with van der Waals surface area (Å²) in [6.07, 6.45) is 0. The molecule has 9 nitrogen and oxygen atoms in total. The van der Waals surface area contributed by atoms with Crippen LogP contribution in [-0.2, 0) is 0 Å². The summed E-state index contributed by atoms with van der Waals surface area (Å²) in [6.45, 7) is 4.23. The monoisotopic (exact) mass is 418 g/mol. The molecule has 0 N–H and O–H groups in total. The number of amides is 1. The zero-order valence-electron chi connectivity index (χ0n) is 17.4. The van der Waals surface area contributed by atoms with Crippen LogP contribution in [0.5, 0.6) is 5.75 Å². The third-order valence-electron chi connectivity index (χ3n) is 5.59. The van der Waals surface area contributed by atoms with Crippen LogP contribution in [0.4, 0.5) is 5.95 Å². The Balaban J connectivity index is 1.35. The van der Waals surface area contributed by atoms with Gasteiger partial charge in [0.15, 0.2) is 0 Å². The molecule has 2 aromatic carbocycles. The van der Waals surface area contributed by atoms with Gasteiger partial charge in [-0.25, -0.2) is 0 Å². The van der Waals surface area contributed by atoms with Gasteiger partial charge in [0.2, 0.25) is 5.95 Å². The number of hydrogen-bond donors (Lipinski definition) is 0. The first-order chi connectivity index (χ1) is 15.2. The molecule has 0 spiro atoms. The number of methoxy groups -OCH3 is 1. The largest absolute Gasteiger partial charge is 0.497 e. The van der Waals surface area contributed by atoms with Gasteiger partial charge < -0.3 is 19.0 Å². The van der Waals surface area contributed by atoms with Crippen LogP contribution in [0.2, 0.25) is 0 Å². The average Bonchev–Trinajstić information content (AvgIpc) is 3.43. The van der Waals surface area contributed by atoms with E-state index in [4.69, 9.17) is 9.15 Å². The molecule has 2 aromatic heterocycles. The van der Waals surface area contributed by atoms with E-state index >= 15 is 0 Å². The molecule has 1 saturated heterocycles. The number of rotatable bonds is 4. The quantitative estimate of drug-likeness (QED) is 0.503. The minimum atomic E-state index is -0.0354. The molecule has 1 fully saturated rings. The first-order valence-corrected chi connectivity index (χ1v) is 10.1. The number of para-hydroxylation sites is 1. The van der Waals surface area contributed by atoms with Crippen molar-refractivity contribution in [3.05, 3.63) is 59.9 Å². The van der Waals surface area contributed by atoms with E-state index in [1.165, 1.54) is 0 Å². The number of hydrogen-bond acceptors (Lipinski definition) is 7. The highest BCUT2D eigenvalue weighted by Gasteiger charge is 2.28. The number of carbonyl (C=O) groups is 1. The van der Waals surface area contributed by atoms with Gasteiger partial charge in [0.05, 0.1) is 18.4 Å². The number of fused-ring (bicyclic) bond motifs is 1. The van der Waals surface area contributed by atoms with Gasteiger partial charge in [0, 0.05) is 31.6 Å². The van der Waals surface area contributed by atoms with E-state index in [2.05, 4.69) is 20.4 Å². The van der Waals surface area contributed by atoms with E-state index in [1.54, 1.807) is 11.8 Å². The first kappa shape index (κ1) is 19.1. The summed E-state index contributed by atoms with van der Waals surface area (Å²) in [5.41, 5.74) is 2.18. The summed E-state index contributed by atoms with van der Waals surface area (Å²) >= 11 is 0. The van der Waals surface area contributed by atoms with Gasteiger partial charge in [-0.1, -0.05) is 23.3 Å². The SMILES string of the molecule is COc1ccc2oc(C)c(C(=O)N3CCN(c4nnnn4-c4ccccc4)CC3)c2c1. The number of carbonyl (C=O) groups excluding carboxylic acids is 1. The van der Waals surface area contributed by atoms with E-state index in [0.717, 1.165) is 11.1 Å². The van der Waals surface area contributed by atoms with Gasteiger partial charge in [0.1, 0.15) is 17.1 Å². The molecule has 1 amide bonds. The summed E-state index contributed by atoms with van der Waals surface area (Å²) < 4.78 is 12.9. The second-order valence-electron chi connectivity index (χ2n) is 7.40. The molecule has 0 aliphatic carbocycles. The summed E-state index contributed by atoms with van der Waals surface area (Å²) in [5, 5.41) is 13.0. The maximum Gasteiger partial charge on any atom is 0.258 e. The van der Waals surface area contributed by atoms with Gasteiger partial charge in [-0.3, -0.25) is 4.79 Å². The van der Waals surface area contributed by atoms with Gasteiger partial charge in [-0.2, -0.15) is 4.68 Å². The molecule has 1 aliphatic heterocycles. The van der Waals surface area contributed by atoms with E-state index in [0.29, 0.717) is 54.8 Å². The minimum Gasteiger partial charge on any atom is -0.497 e.